The van der Waals surface area contributed by atoms with Gasteiger partial charge in [0, 0.05) is 17.4 Å². The lowest BCUT2D eigenvalue weighted by Crippen LogP contribution is -2.65. The van der Waals surface area contributed by atoms with Crippen LogP contribution in [0.3, 0.4) is 0 Å². The zero-order valence-electron chi connectivity index (χ0n) is 16.6. The number of hydrogen-bond donors (Lipinski definition) is 1. The quantitative estimate of drug-likeness (QED) is 0.242. The molecule has 0 unspecified atom stereocenters. The maximum atomic E-state index is 8.49. The Kier molecular flexibility index (Phi) is 5.06. The van der Waals surface area contributed by atoms with Crippen LogP contribution in [-0.2, 0) is 9.31 Å². The van der Waals surface area contributed by atoms with Crippen LogP contribution in [0.1, 0.15) is 46.5 Å². The summed E-state index contributed by atoms with van der Waals surface area (Å²) in [4.78, 5) is 6.66. The second kappa shape index (κ2) is 6.57. The van der Waals surface area contributed by atoms with E-state index in [0.717, 1.165) is 25.2 Å². The fourth-order valence-corrected chi connectivity index (χ4v) is 6.72. The van der Waals surface area contributed by atoms with Gasteiger partial charge < -0.3 is 14.3 Å². The molecule has 1 aliphatic heterocycles. The molecule has 5 atom stereocenters. The summed E-state index contributed by atoms with van der Waals surface area (Å²) in [5, 5.41) is 3.67. The fourth-order valence-electron chi connectivity index (χ4n) is 5.33. The molecule has 2 bridgehead atoms. The molecule has 1 heterocycles. The molecule has 3 aliphatic carbocycles. The molecule has 1 N–H and O–H groups in total. The predicted molar refractivity (Wildman–Crippen MR) is 104 cm³/mol. The van der Waals surface area contributed by atoms with Crippen LogP contribution < -0.4 is 4.98 Å². The van der Waals surface area contributed by atoms with E-state index in [0.29, 0.717) is 17.9 Å². The van der Waals surface area contributed by atoms with Gasteiger partial charge in [0.2, 0.25) is 0 Å². The predicted octanol–water partition coefficient (Wildman–Crippen LogP) is 4.14. The van der Waals surface area contributed by atoms with Gasteiger partial charge in [-0.3, -0.25) is 0 Å². The van der Waals surface area contributed by atoms with Crippen molar-refractivity contribution in [2.24, 2.45) is 22.4 Å². The van der Waals surface area contributed by atoms with Crippen molar-refractivity contribution < 1.29 is 9.31 Å². The number of hydrogen-bond acceptors (Lipinski definition) is 4. The van der Waals surface area contributed by atoms with Crippen molar-refractivity contribution in [1.29, 1.82) is 0 Å². The Morgan fingerprint density at radius 1 is 1.32 bits per heavy atom. The Bertz CT molecular complexity index is 563. The lowest BCUT2D eigenvalue weighted by atomic mass is 9.43. The van der Waals surface area contributed by atoms with Gasteiger partial charge >= 0.3 is 7.12 Å². The molecule has 6 nitrogen and oxygen atoms in total. The molecule has 0 aromatic heterocycles. The second-order valence-electron chi connectivity index (χ2n) is 9.93. The van der Waals surface area contributed by atoms with E-state index in [-0.39, 0.29) is 24.8 Å². The smallest absolute Gasteiger partial charge is 0.404 e. The SMILES string of the molecule is CC1(C)[C@@H]2C[C@H]3OB([C@H](CCCN=[N+]=[N-])N[Si](C)(C)C)O[C@@]3(C)[C@H]1C2. The molecule has 4 fully saturated rings. The summed E-state index contributed by atoms with van der Waals surface area (Å²) < 4.78 is 13.1. The van der Waals surface area contributed by atoms with E-state index < -0.39 is 8.24 Å². The average molecular weight is 364 g/mol. The summed E-state index contributed by atoms with van der Waals surface area (Å²) in [5.41, 5.74) is 8.69. The number of azide groups is 1. The lowest BCUT2D eigenvalue weighted by Gasteiger charge is -2.64. The third kappa shape index (κ3) is 3.52. The molecule has 25 heavy (non-hydrogen) atoms. The standard InChI is InChI=1S/C17H33BN4O2Si/c1-16(2)12-10-13(16)17(3)14(11-12)23-18(24-17)15(21-25(4,5)6)8-7-9-20-22-19/h12-15,21H,7-11H2,1-6H3/t12-,13-,14+,15-,17-/m0/s1. The van der Waals surface area contributed by atoms with E-state index in [9.17, 15) is 0 Å². The molecular formula is C17H33BN4O2Si. The van der Waals surface area contributed by atoms with Crippen LogP contribution in [0.15, 0.2) is 5.11 Å². The zero-order chi connectivity index (χ0) is 18.5. The van der Waals surface area contributed by atoms with Crippen LogP contribution in [0.4, 0.5) is 0 Å². The maximum Gasteiger partial charge on any atom is 0.475 e. The van der Waals surface area contributed by atoms with Gasteiger partial charge in [0.05, 0.1) is 11.7 Å². The minimum absolute atomic E-state index is 0.160. The first-order chi connectivity index (χ1) is 11.6. The van der Waals surface area contributed by atoms with Gasteiger partial charge in [-0.1, -0.05) is 38.6 Å². The Labute approximate surface area is 153 Å². The van der Waals surface area contributed by atoms with E-state index in [2.05, 4.69) is 55.4 Å². The van der Waals surface area contributed by atoms with Gasteiger partial charge in [0.15, 0.2) is 0 Å². The van der Waals surface area contributed by atoms with Gasteiger partial charge in [-0.05, 0) is 55.4 Å². The first-order valence-electron chi connectivity index (χ1n) is 9.70. The maximum absolute atomic E-state index is 8.49. The second-order valence-corrected chi connectivity index (χ2v) is 14.7. The van der Waals surface area contributed by atoms with Crippen LogP contribution in [-0.4, -0.2) is 39.5 Å². The van der Waals surface area contributed by atoms with E-state index in [1.807, 2.05) is 0 Å². The van der Waals surface area contributed by atoms with Gasteiger partial charge in [-0.15, -0.1) is 0 Å². The highest BCUT2D eigenvalue weighted by molar-refractivity contribution is 6.74. The molecule has 1 saturated heterocycles. The summed E-state index contributed by atoms with van der Waals surface area (Å²) in [5.74, 6) is 1.53. The van der Waals surface area contributed by atoms with E-state index in [1.165, 1.54) is 6.42 Å². The van der Waals surface area contributed by atoms with E-state index in [1.54, 1.807) is 0 Å². The van der Waals surface area contributed by atoms with Crippen LogP contribution in [0, 0.1) is 17.3 Å². The zero-order valence-corrected chi connectivity index (χ0v) is 17.6. The van der Waals surface area contributed by atoms with Crippen molar-refractivity contribution in [3.05, 3.63) is 10.4 Å². The Balaban J connectivity index is 1.71. The van der Waals surface area contributed by atoms with Crippen LogP contribution in [0.25, 0.3) is 10.4 Å². The molecule has 0 aromatic rings. The monoisotopic (exact) mass is 364 g/mol. The number of nitrogens with zero attached hydrogens (tertiary/aromatic N) is 3. The first-order valence-corrected chi connectivity index (χ1v) is 13.2. The summed E-state index contributed by atoms with van der Waals surface area (Å²) in [6.45, 7) is 14.5. The summed E-state index contributed by atoms with van der Waals surface area (Å²) >= 11 is 0. The Morgan fingerprint density at radius 3 is 2.64 bits per heavy atom. The molecule has 0 amide bonds. The number of nitrogens with one attached hydrogen (secondary N) is 1. The third-order valence-corrected chi connectivity index (χ3v) is 7.99. The normalized spacial score (nSPS) is 37.0. The van der Waals surface area contributed by atoms with Crippen LogP contribution in [0.5, 0.6) is 0 Å². The summed E-state index contributed by atoms with van der Waals surface area (Å²) in [6.07, 6.45) is 4.38. The van der Waals surface area contributed by atoms with Gasteiger partial charge in [-0.2, -0.15) is 0 Å². The molecule has 0 radical (unpaired) electrons. The molecule has 8 heteroatoms. The fraction of sp³-hybridized carbons (Fsp3) is 1.00. The van der Waals surface area contributed by atoms with Gasteiger partial charge in [0.25, 0.3) is 0 Å². The highest BCUT2D eigenvalue weighted by Crippen LogP contribution is 2.65. The van der Waals surface area contributed by atoms with Crippen LogP contribution in [0.2, 0.25) is 19.6 Å². The topological polar surface area (TPSA) is 79.2 Å². The lowest BCUT2D eigenvalue weighted by molar-refractivity contribution is -0.199. The highest BCUT2D eigenvalue weighted by Gasteiger charge is 2.68. The first kappa shape index (κ1) is 19.2. The molecular weight excluding hydrogens is 331 g/mol. The molecule has 3 saturated carbocycles. The van der Waals surface area contributed by atoms with Crippen molar-refractivity contribution in [2.45, 2.75) is 83.7 Å². The average Bonchev–Trinajstić information content (AvgIpc) is 2.85. The third-order valence-electron chi connectivity index (χ3n) is 6.75. The molecule has 0 aromatic carbocycles. The van der Waals surface area contributed by atoms with Crippen LogP contribution >= 0.6 is 0 Å². The van der Waals surface area contributed by atoms with Crippen molar-refractivity contribution in [2.75, 3.05) is 6.54 Å². The van der Waals surface area contributed by atoms with Gasteiger partial charge in [-0.25, -0.2) is 0 Å². The highest BCUT2D eigenvalue weighted by atomic mass is 28.3. The number of rotatable bonds is 7. The van der Waals surface area contributed by atoms with Crippen molar-refractivity contribution in [3.63, 3.8) is 0 Å². The molecule has 0 spiro atoms. The van der Waals surface area contributed by atoms with Crippen molar-refractivity contribution in [1.82, 2.24) is 4.98 Å². The van der Waals surface area contributed by atoms with E-state index >= 15 is 0 Å². The minimum Gasteiger partial charge on any atom is -0.404 e. The Morgan fingerprint density at radius 2 is 2.04 bits per heavy atom. The molecule has 4 aliphatic rings. The molecule has 4 rings (SSSR count). The van der Waals surface area contributed by atoms with Crippen molar-refractivity contribution >= 4 is 15.4 Å². The van der Waals surface area contributed by atoms with Crippen molar-refractivity contribution in [3.8, 4) is 0 Å². The van der Waals surface area contributed by atoms with E-state index in [4.69, 9.17) is 14.8 Å². The van der Waals surface area contributed by atoms with Gasteiger partial charge in [0.1, 0.15) is 8.24 Å². The largest absolute Gasteiger partial charge is 0.475 e. The summed E-state index contributed by atoms with van der Waals surface area (Å²) in [7, 11) is -1.67. The Hall–Kier alpha value is -0.528. The summed E-state index contributed by atoms with van der Waals surface area (Å²) in [6, 6.07) is 0. The minimum atomic E-state index is -1.48. The molecule has 140 valence electrons.